The highest BCUT2D eigenvalue weighted by atomic mass is 32.2. The number of thiazole rings is 1. The molecule has 1 atom stereocenters. The van der Waals surface area contributed by atoms with Gasteiger partial charge in [-0.15, -0.1) is 11.3 Å². The van der Waals surface area contributed by atoms with Gasteiger partial charge in [0.2, 0.25) is 0 Å². The Morgan fingerprint density at radius 1 is 1.40 bits per heavy atom. The first kappa shape index (κ1) is 10.1. The Kier molecular flexibility index (Phi) is 2.99. The maximum absolute atomic E-state index is 4.68. The fourth-order valence-electron chi connectivity index (χ4n) is 1.90. The molecule has 1 aromatic heterocycles. The monoisotopic (exact) mass is 240 g/mol. The summed E-state index contributed by atoms with van der Waals surface area (Å²) >= 11 is 3.88. The molecule has 3 rings (SSSR count). The third-order valence-corrected chi connectivity index (χ3v) is 5.07. The fourth-order valence-corrected chi connectivity index (χ4v) is 3.91. The molecule has 0 bridgehead atoms. The summed E-state index contributed by atoms with van der Waals surface area (Å²) < 4.78 is 0. The molecule has 4 heteroatoms. The molecule has 1 aromatic rings. The van der Waals surface area contributed by atoms with Crippen molar-refractivity contribution in [3.8, 4) is 0 Å². The molecule has 1 unspecified atom stereocenters. The Morgan fingerprint density at radius 2 is 2.33 bits per heavy atom. The summed E-state index contributed by atoms with van der Waals surface area (Å²) in [6.45, 7) is 0.975. The van der Waals surface area contributed by atoms with Gasteiger partial charge in [-0.1, -0.05) is 0 Å². The van der Waals surface area contributed by atoms with Crippen molar-refractivity contribution < 1.29 is 0 Å². The molecule has 1 N–H and O–H groups in total. The second-order valence-corrected chi connectivity index (χ2v) is 6.47. The van der Waals surface area contributed by atoms with E-state index in [0.717, 1.165) is 18.5 Å². The second kappa shape index (κ2) is 4.44. The van der Waals surface area contributed by atoms with E-state index in [-0.39, 0.29) is 0 Å². The van der Waals surface area contributed by atoms with Crippen LogP contribution in [0.25, 0.3) is 0 Å². The van der Waals surface area contributed by atoms with Crippen molar-refractivity contribution in [3.05, 3.63) is 16.1 Å². The summed E-state index contributed by atoms with van der Waals surface area (Å²) in [4.78, 5) is 4.68. The van der Waals surface area contributed by atoms with Gasteiger partial charge in [-0.25, -0.2) is 4.98 Å². The minimum absolute atomic E-state index is 0.725. The normalized spacial score (nSPS) is 26.0. The van der Waals surface area contributed by atoms with E-state index >= 15 is 0 Å². The van der Waals surface area contributed by atoms with Crippen LogP contribution in [0.1, 0.15) is 35.9 Å². The van der Waals surface area contributed by atoms with E-state index < -0.39 is 0 Å². The molecule has 0 spiro atoms. The highest BCUT2D eigenvalue weighted by Gasteiger charge is 2.26. The predicted octanol–water partition coefficient (Wildman–Crippen LogP) is 2.62. The third-order valence-electron chi connectivity index (χ3n) is 3.04. The lowest BCUT2D eigenvalue weighted by atomic mass is 10.3. The van der Waals surface area contributed by atoms with Crippen LogP contribution in [0.15, 0.2) is 5.38 Å². The van der Waals surface area contributed by atoms with Crippen LogP contribution in [-0.4, -0.2) is 22.5 Å². The lowest BCUT2D eigenvalue weighted by Gasteiger charge is -2.08. The number of nitrogens with one attached hydrogen (secondary N) is 1. The molecule has 15 heavy (non-hydrogen) atoms. The van der Waals surface area contributed by atoms with Gasteiger partial charge in [0.1, 0.15) is 5.01 Å². The van der Waals surface area contributed by atoms with E-state index in [1.165, 1.54) is 41.5 Å². The van der Waals surface area contributed by atoms with Crippen molar-refractivity contribution in [2.75, 3.05) is 11.5 Å². The zero-order valence-corrected chi connectivity index (χ0v) is 10.4. The highest BCUT2D eigenvalue weighted by Crippen LogP contribution is 2.40. The van der Waals surface area contributed by atoms with Crippen LogP contribution in [-0.2, 0) is 6.54 Å². The third kappa shape index (κ3) is 2.55. The van der Waals surface area contributed by atoms with Crippen molar-refractivity contribution in [3.63, 3.8) is 0 Å². The van der Waals surface area contributed by atoms with Crippen molar-refractivity contribution in [1.29, 1.82) is 0 Å². The first-order valence-corrected chi connectivity index (χ1v) is 7.70. The van der Waals surface area contributed by atoms with Gasteiger partial charge in [0.25, 0.3) is 0 Å². The van der Waals surface area contributed by atoms with Crippen molar-refractivity contribution in [2.45, 2.75) is 37.8 Å². The molecule has 1 aliphatic heterocycles. The van der Waals surface area contributed by atoms with Crippen LogP contribution >= 0.6 is 23.1 Å². The number of thioether (sulfide) groups is 1. The lowest BCUT2D eigenvalue weighted by Crippen LogP contribution is -2.27. The highest BCUT2D eigenvalue weighted by molar-refractivity contribution is 7.99. The zero-order valence-electron chi connectivity index (χ0n) is 8.74. The van der Waals surface area contributed by atoms with Gasteiger partial charge >= 0.3 is 0 Å². The molecule has 1 saturated carbocycles. The fraction of sp³-hybridized carbons (Fsp3) is 0.727. The smallest absolute Gasteiger partial charge is 0.107 e. The molecular weight excluding hydrogens is 224 g/mol. The Labute approximate surface area is 98.9 Å². The largest absolute Gasteiger partial charge is 0.307 e. The SMILES string of the molecule is c1sc(CNC2CCSC2)nc1C1CC1. The van der Waals surface area contributed by atoms with Crippen molar-refractivity contribution >= 4 is 23.1 Å². The van der Waals surface area contributed by atoms with Crippen molar-refractivity contribution in [1.82, 2.24) is 10.3 Å². The number of nitrogens with zero attached hydrogens (tertiary/aromatic N) is 1. The van der Waals surface area contributed by atoms with Crippen LogP contribution in [0.3, 0.4) is 0 Å². The van der Waals surface area contributed by atoms with E-state index in [1.807, 2.05) is 11.3 Å². The van der Waals surface area contributed by atoms with E-state index in [4.69, 9.17) is 0 Å². The van der Waals surface area contributed by atoms with Crippen LogP contribution in [0, 0.1) is 0 Å². The predicted molar refractivity (Wildman–Crippen MR) is 66.7 cm³/mol. The zero-order chi connectivity index (χ0) is 10.1. The Balaban J connectivity index is 1.52. The Hall–Kier alpha value is -0.0600. The van der Waals surface area contributed by atoms with Crippen LogP contribution < -0.4 is 5.32 Å². The number of aromatic nitrogens is 1. The summed E-state index contributed by atoms with van der Waals surface area (Å²) in [6, 6.07) is 0.725. The Morgan fingerprint density at radius 3 is 3.07 bits per heavy atom. The topological polar surface area (TPSA) is 24.9 Å². The van der Waals surface area contributed by atoms with Gasteiger partial charge in [-0.2, -0.15) is 11.8 Å². The maximum atomic E-state index is 4.68. The average Bonchev–Trinajstić information content (AvgIpc) is 2.82. The molecule has 1 saturated heterocycles. The van der Waals surface area contributed by atoms with Gasteiger partial charge in [-0.05, 0) is 25.0 Å². The van der Waals surface area contributed by atoms with E-state index in [0.29, 0.717) is 0 Å². The summed E-state index contributed by atoms with van der Waals surface area (Å²) in [5, 5.41) is 7.12. The van der Waals surface area contributed by atoms with E-state index in [1.54, 1.807) is 0 Å². The summed E-state index contributed by atoms with van der Waals surface area (Å²) in [6.07, 6.45) is 4.04. The van der Waals surface area contributed by atoms with Crippen molar-refractivity contribution in [2.24, 2.45) is 0 Å². The summed E-state index contributed by atoms with van der Waals surface area (Å²) in [7, 11) is 0. The average molecular weight is 240 g/mol. The Bertz CT molecular complexity index is 327. The number of rotatable bonds is 4. The van der Waals surface area contributed by atoms with E-state index in [9.17, 15) is 0 Å². The van der Waals surface area contributed by atoms with Gasteiger partial charge in [-0.3, -0.25) is 0 Å². The minimum Gasteiger partial charge on any atom is -0.307 e. The standard InChI is InChI=1S/C11H16N2S2/c1-2-8(1)10-7-15-11(13-10)5-12-9-3-4-14-6-9/h7-9,12H,1-6H2. The molecule has 1 aliphatic carbocycles. The van der Waals surface area contributed by atoms with E-state index in [2.05, 4.69) is 27.4 Å². The molecule has 82 valence electrons. The molecular formula is C11H16N2S2. The number of hydrogen-bond donors (Lipinski definition) is 1. The molecule has 2 aliphatic rings. The molecule has 0 aromatic carbocycles. The van der Waals surface area contributed by atoms with Crippen LogP contribution in [0.4, 0.5) is 0 Å². The first-order valence-electron chi connectivity index (χ1n) is 5.67. The van der Waals surface area contributed by atoms with Crippen LogP contribution in [0.5, 0.6) is 0 Å². The van der Waals surface area contributed by atoms with Gasteiger partial charge in [0, 0.05) is 29.6 Å². The quantitative estimate of drug-likeness (QED) is 0.875. The van der Waals surface area contributed by atoms with Gasteiger partial charge in [0.05, 0.1) is 5.69 Å². The van der Waals surface area contributed by atoms with Crippen LogP contribution in [0.2, 0.25) is 0 Å². The molecule has 2 nitrogen and oxygen atoms in total. The molecule has 2 fully saturated rings. The maximum Gasteiger partial charge on any atom is 0.107 e. The molecule has 0 radical (unpaired) electrons. The number of hydrogen-bond acceptors (Lipinski definition) is 4. The summed E-state index contributed by atoms with van der Waals surface area (Å²) in [5.41, 5.74) is 1.34. The van der Waals surface area contributed by atoms with Gasteiger partial charge < -0.3 is 5.32 Å². The summed E-state index contributed by atoms with van der Waals surface area (Å²) in [5.74, 6) is 3.40. The molecule has 0 amide bonds. The lowest BCUT2D eigenvalue weighted by molar-refractivity contribution is 0.556. The molecule has 2 heterocycles. The minimum atomic E-state index is 0.725. The van der Waals surface area contributed by atoms with Gasteiger partial charge in [0.15, 0.2) is 0 Å². The first-order chi connectivity index (χ1) is 7.42. The second-order valence-electron chi connectivity index (χ2n) is 4.38.